The molecule has 1 aromatic heterocycles. The van der Waals surface area contributed by atoms with Crippen LogP contribution in [0.3, 0.4) is 0 Å². The van der Waals surface area contributed by atoms with E-state index in [4.69, 9.17) is 11.6 Å². The number of nitrogens with zero attached hydrogens (tertiary/aromatic N) is 3. The molecule has 1 saturated heterocycles. The van der Waals surface area contributed by atoms with E-state index in [1.165, 1.54) is 12.4 Å². The monoisotopic (exact) mass is 371 g/mol. The highest BCUT2D eigenvalue weighted by Crippen LogP contribution is 2.38. The second-order valence-electron chi connectivity index (χ2n) is 6.63. The van der Waals surface area contributed by atoms with E-state index in [1.807, 2.05) is 24.3 Å². The Hall–Kier alpha value is -2.24. The molecule has 1 atom stereocenters. The molecule has 1 N–H and O–H groups in total. The van der Waals surface area contributed by atoms with E-state index < -0.39 is 0 Å². The Bertz CT molecular complexity index is 949. The van der Waals surface area contributed by atoms with Gasteiger partial charge in [0.05, 0.1) is 5.39 Å². The van der Waals surface area contributed by atoms with E-state index in [0.29, 0.717) is 28.3 Å². The second-order valence-corrected chi connectivity index (χ2v) is 7.04. The Labute approximate surface area is 156 Å². The molecule has 1 aliphatic rings. The normalized spacial score (nSPS) is 17.7. The summed E-state index contributed by atoms with van der Waals surface area (Å²) in [5, 5.41) is 10.8. The van der Waals surface area contributed by atoms with Crippen molar-refractivity contribution in [2.45, 2.75) is 12.8 Å². The van der Waals surface area contributed by atoms with Crippen molar-refractivity contribution >= 4 is 28.3 Å². The number of aliphatic hydroxyl groups is 1. The molecule has 1 aliphatic heterocycles. The first kappa shape index (κ1) is 17.2. The molecule has 0 spiro atoms. The number of hydrogen-bond acceptors (Lipinski definition) is 4. The smallest absolute Gasteiger partial charge is 0.149 e. The molecule has 4 rings (SSSR count). The standard InChI is InChI=1S/C20H19ClFN3O/c21-16-6-2-1-5-14(16)15-7-8-17(22)19-18(15)20(24-12-23-19)25-9-3-4-13(10-25)11-26/h1-2,5-8,12-13,26H,3-4,9-11H2. The Morgan fingerprint density at radius 3 is 2.81 bits per heavy atom. The largest absolute Gasteiger partial charge is 0.396 e. The van der Waals surface area contributed by atoms with Crippen molar-refractivity contribution in [3.8, 4) is 11.1 Å². The molecule has 0 amide bonds. The van der Waals surface area contributed by atoms with Gasteiger partial charge in [0.15, 0.2) is 0 Å². The van der Waals surface area contributed by atoms with Crippen LogP contribution in [-0.2, 0) is 0 Å². The summed E-state index contributed by atoms with van der Waals surface area (Å²) in [6.45, 7) is 1.66. The van der Waals surface area contributed by atoms with Crippen LogP contribution < -0.4 is 4.90 Å². The number of halogens is 2. The molecule has 1 unspecified atom stereocenters. The lowest BCUT2D eigenvalue weighted by Gasteiger charge is -2.33. The fourth-order valence-corrected chi connectivity index (χ4v) is 3.91. The molecule has 0 aliphatic carbocycles. The topological polar surface area (TPSA) is 49.2 Å². The molecular formula is C20H19ClFN3O. The van der Waals surface area contributed by atoms with Crippen molar-refractivity contribution in [2.24, 2.45) is 5.92 Å². The number of aromatic nitrogens is 2. The van der Waals surface area contributed by atoms with Crippen LogP contribution >= 0.6 is 11.6 Å². The van der Waals surface area contributed by atoms with E-state index in [-0.39, 0.29) is 18.3 Å². The lowest BCUT2D eigenvalue weighted by atomic mass is 9.97. The first-order valence-corrected chi connectivity index (χ1v) is 9.10. The molecule has 26 heavy (non-hydrogen) atoms. The summed E-state index contributed by atoms with van der Waals surface area (Å²) in [5.74, 6) is 0.517. The maximum absolute atomic E-state index is 14.5. The zero-order valence-electron chi connectivity index (χ0n) is 14.2. The minimum atomic E-state index is -0.379. The first-order chi connectivity index (χ1) is 12.7. The highest BCUT2D eigenvalue weighted by atomic mass is 35.5. The van der Waals surface area contributed by atoms with Crippen LogP contribution in [-0.4, -0.2) is 34.8 Å². The third kappa shape index (κ3) is 3.02. The van der Waals surface area contributed by atoms with Gasteiger partial charge in [-0.3, -0.25) is 0 Å². The number of aliphatic hydroxyl groups excluding tert-OH is 1. The Balaban J connectivity index is 1.94. The van der Waals surface area contributed by atoms with Gasteiger partial charge < -0.3 is 10.0 Å². The highest BCUT2D eigenvalue weighted by Gasteiger charge is 2.24. The molecule has 0 radical (unpaired) electrons. The van der Waals surface area contributed by atoms with Crippen molar-refractivity contribution in [1.82, 2.24) is 9.97 Å². The minimum Gasteiger partial charge on any atom is -0.396 e. The fraction of sp³-hybridized carbons (Fsp3) is 0.300. The average Bonchev–Trinajstić information content (AvgIpc) is 2.69. The van der Waals surface area contributed by atoms with Gasteiger partial charge in [-0.25, -0.2) is 14.4 Å². The van der Waals surface area contributed by atoms with Gasteiger partial charge in [-0.2, -0.15) is 0 Å². The predicted molar refractivity (Wildman–Crippen MR) is 102 cm³/mol. The van der Waals surface area contributed by atoms with Crippen LogP contribution in [0.4, 0.5) is 10.2 Å². The van der Waals surface area contributed by atoms with Crippen LogP contribution in [0.5, 0.6) is 0 Å². The van der Waals surface area contributed by atoms with E-state index in [0.717, 1.165) is 30.5 Å². The Morgan fingerprint density at radius 2 is 2.00 bits per heavy atom. The number of piperidine rings is 1. The maximum atomic E-state index is 14.5. The summed E-state index contributed by atoms with van der Waals surface area (Å²) in [6, 6.07) is 10.7. The highest BCUT2D eigenvalue weighted by molar-refractivity contribution is 6.33. The number of fused-ring (bicyclic) bond motifs is 1. The molecule has 3 aromatic rings. The molecule has 134 valence electrons. The Kier molecular flexibility index (Phi) is 4.74. The maximum Gasteiger partial charge on any atom is 0.149 e. The van der Waals surface area contributed by atoms with Crippen molar-refractivity contribution < 1.29 is 9.50 Å². The molecule has 6 heteroatoms. The Morgan fingerprint density at radius 1 is 1.15 bits per heavy atom. The molecule has 4 nitrogen and oxygen atoms in total. The van der Waals surface area contributed by atoms with Crippen LogP contribution in [0, 0.1) is 11.7 Å². The molecule has 0 saturated carbocycles. The van der Waals surface area contributed by atoms with Crippen LogP contribution in [0.2, 0.25) is 5.02 Å². The number of anilines is 1. The van der Waals surface area contributed by atoms with E-state index in [1.54, 1.807) is 6.07 Å². The number of rotatable bonds is 3. The lowest BCUT2D eigenvalue weighted by Crippen LogP contribution is -2.37. The first-order valence-electron chi connectivity index (χ1n) is 8.73. The van der Waals surface area contributed by atoms with E-state index in [9.17, 15) is 9.50 Å². The summed E-state index contributed by atoms with van der Waals surface area (Å²) in [7, 11) is 0. The van der Waals surface area contributed by atoms with Crippen molar-refractivity contribution in [3.63, 3.8) is 0 Å². The summed E-state index contributed by atoms with van der Waals surface area (Å²) in [4.78, 5) is 10.8. The lowest BCUT2D eigenvalue weighted by molar-refractivity contribution is 0.208. The van der Waals surface area contributed by atoms with Gasteiger partial charge in [-0.05, 0) is 36.5 Å². The van der Waals surface area contributed by atoms with Gasteiger partial charge in [0.2, 0.25) is 0 Å². The molecule has 1 fully saturated rings. The third-order valence-corrected chi connectivity index (χ3v) is 5.29. The van der Waals surface area contributed by atoms with E-state index in [2.05, 4.69) is 14.9 Å². The van der Waals surface area contributed by atoms with Gasteiger partial charge >= 0.3 is 0 Å². The number of benzene rings is 2. The van der Waals surface area contributed by atoms with Gasteiger partial charge in [-0.15, -0.1) is 0 Å². The summed E-state index contributed by atoms with van der Waals surface area (Å²) in [5.41, 5.74) is 1.93. The van der Waals surface area contributed by atoms with Gasteiger partial charge in [0, 0.05) is 30.3 Å². The summed E-state index contributed by atoms with van der Waals surface area (Å²) in [6.07, 6.45) is 3.36. The summed E-state index contributed by atoms with van der Waals surface area (Å²) >= 11 is 6.40. The zero-order valence-corrected chi connectivity index (χ0v) is 15.0. The van der Waals surface area contributed by atoms with Crippen LogP contribution in [0.15, 0.2) is 42.7 Å². The molecule has 2 heterocycles. The molecular weight excluding hydrogens is 353 g/mol. The van der Waals surface area contributed by atoms with Crippen LogP contribution in [0.1, 0.15) is 12.8 Å². The SMILES string of the molecule is OCC1CCCN(c2ncnc3c(F)ccc(-c4ccccc4Cl)c23)C1. The van der Waals surface area contributed by atoms with Crippen molar-refractivity contribution in [3.05, 3.63) is 53.6 Å². The van der Waals surface area contributed by atoms with Gasteiger partial charge in [0.1, 0.15) is 23.5 Å². The average molecular weight is 372 g/mol. The van der Waals surface area contributed by atoms with E-state index >= 15 is 0 Å². The van der Waals surface area contributed by atoms with Crippen LogP contribution in [0.25, 0.3) is 22.0 Å². The quantitative estimate of drug-likeness (QED) is 0.745. The molecule has 0 bridgehead atoms. The predicted octanol–water partition coefficient (Wildman–Crippen LogP) is 4.30. The zero-order chi connectivity index (χ0) is 18.1. The minimum absolute atomic E-state index is 0.144. The molecule has 2 aromatic carbocycles. The summed E-state index contributed by atoms with van der Waals surface area (Å²) < 4.78 is 14.5. The third-order valence-electron chi connectivity index (χ3n) is 4.96. The van der Waals surface area contributed by atoms with Crippen molar-refractivity contribution in [1.29, 1.82) is 0 Å². The number of hydrogen-bond donors (Lipinski definition) is 1. The second kappa shape index (κ2) is 7.17. The van der Waals surface area contributed by atoms with Crippen molar-refractivity contribution in [2.75, 3.05) is 24.6 Å². The van der Waals surface area contributed by atoms with Gasteiger partial charge in [-0.1, -0.05) is 35.9 Å². The van der Waals surface area contributed by atoms with Gasteiger partial charge in [0.25, 0.3) is 0 Å². The fourth-order valence-electron chi connectivity index (χ4n) is 3.67.